The highest BCUT2D eigenvalue weighted by molar-refractivity contribution is 7.19. The average molecular weight is 352 g/mol. The molecule has 3 aromatic rings. The molecule has 122 valence electrons. The van der Waals surface area contributed by atoms with Gasteiger partial charge in [-0.05, 0) is 64.6 Å². The van der Waals surface area contributed by atoms with Gasteiger partial charge in [0.15, 0.2) is 0 Å². The van der Waals surface area contributed by atoms with Gasteiger partial charge in [-0.15, -0.1) is 22.7 Å². The molecule has 0 spiro atoms. The van der Waals surface area contributed by atoms with Crippen LogP contribution in [0.15, 0.2) is 24.3 Å². The maximum atomic E-state index is 6.12. The van der Waals surface area contributed by atoms with Gasteiger partial charge < -0.3 is 5.73 Å². The number of hydrogen-bond donors (Lipinski definition) is 1. The van der Waals surface area contributed by atoms with Crippen molar-refractivity contribution in [3.8, 4) is 20.9 Å². The molecule has 0 atom stereocenters. The molecule has 2 aliphatic carbocycles. The van der Waals surface area contributed by atoms with Gasteiger partial charge in [0, 0.05) is 25.5 Å². The third kappa shape index (κ3) is 1.55. The molecular weight excluding hydrogens is 330 g/mol. The van der Waals surface area contributed by atoms with Crippen molar-refractivity contribution >= 4 is 27.7 Å². The smallest absolute Gasteiger partial charge is 0.0866 e. The zero-order chi connectivity index (χ0) is 17.0. The number of nitrogen functional groups attached to an aromatic ring is 1. The Bertz CT molecular complexity index is 947. The Morgan fingerprint density at radius 2 is 1.21 bits per heavy atom. The Hall–Kier alpha value is -1.58. The summed E-state index contributed by atoms with van der Waals surface area (Å²) in [4.78, 5) is 4.25. The number of rotatable bonds is 0. The standard InChI is InChI=1S/C21H21NS2/c1-10-6-15-18(23-10)11-7-14-12(8-13(11)20(15,2)3)19-16(21(14,4)5)9-17(22)24-19/h6-9H,22H2,1-5H3. The molecule has 0 saturated carbocycles. The Kier molecular flexibility index (Phi) is 2.55. The molecule has 2 N–H and O–H groups in total. The Morgan fingerprint density at radius 1 is 0.708 bits per heavy atom. The van der Waals surface area contributed by atoms with Gasteiger partial charge in [-0.25, -0.2) is 0 Å². The number of nitrogens with two attached hydrogens (primary N) is 1. The third-order valence-electron chi connectivity index (χ3n) is 5.95. The molecule has 3 heteroatoms. The number of anilines is 1. The molecule has 0 amide bonds. The lowest BCUT2D eigenvalue weighted by Crippen LogP contribution is -2.16. The fourth-order valence-corrected chi connectivity index (χ4v) is 6.87. The first-order valence-electron chi connectivity index (χ1n) is 8.41. The number of benzene rings is 1. The van der Waals surface area contributed by atoms with Gasteiger partial charge >= 0.3 is 0 Å². The van der Waals surface area contributed by atoms with Crippen molar-refractivity contribution in [2.45, 2.75) is 45.4 Å². The van der Waals surface area contributed by atoms with Crippen molar-refractivity contribution in [1.82, 2.24) is 0 Å². The largest absolute Gasteiger partial charge is 0.391 e. The Labute approximate surface area is 151 Å². The number of aryl methyl sites for hydroxylation is 1. The molecule has 0 aliphatic heterocycles. The van der Waals surface area contributed by atoms with E-state index in [9.17, 15) is 0 Å². The minimum Gasteiger partial charge on any atom is -0.391 e. The predicted molar refractivity (Wildman–Crippen MR) is 106 cm³/mol. The molecule has 5 rings (SSSR count). The molecule has 0 fully saturated rings. The summed E-state index contributed by atoms with van der Waals surface area (Å²) in [5.74, 6) is 0. The predicted octanol–water partition coefficient (Wildman–Crippen LogP) is 6.31. The zero-order valence-electron chi connectivity index (χ0n) is 14.7. The molecule has 2 aromatic heterocycles. The van der Waals surface area contributed by atoms with Gasteiger partial charge in [-0.1, -0.05) is 27.7 Å². The molecule has 0 bridgehead atoms. The van der Waals surface area contributed by atoms with E-state index in [2.05, 4.69) is 58.9 Å². The molecule has 0 saturated heterocycles. The van der Waals surface area contributed by atoms with Gasteiger partial charge in [0.05, 0.1) is 5.00 Å². The highest BCUT2D eigenvalue weighted by Crippen LogP contribution is 2.59. The van der Waals surface area contributed by atoms with Crippen LogP contribution in [0.25, 0.3) is 20.9 Å². The number of fused-ring (bicyclic) bond motifs is 6. The fraction of sp³-hybridized carbons (Fsp3) is 0.333. The van der Waals surface area contributed by atoms with Crippen LogP contribution in [0.1, 0.15) is 54.8 Å². The minimum atomic E-state index is 0.0347. The normalized spacial score (nSPS) is 18.2. The maximum Gasteiger partial charge on any atom is 0.0866 e. The van der Waals surface area contributed by atoms with Crippen molar-refractivity contribution in [3.05, 3.63) is 51.4 Å². The van der Waals surface area contributed by atoms with Gasteiger partial charge in [0.1, 0.15) is 0 Å². The van der Waals surface area contributed by atoms with E-state index in [1.807, 2.05) is 11.3 Å². The molecule has 1 aromatic carbocycles. The van der Waals surface area contributed by atoms with Crippen LogP contribution in [0.4, 0.5) is 5.00 Å². The van der Waals surface area contributed by atoms with Gasteiger partial charge in [-0.3, -0.25) is 0 Å². The third-order valence-corrected chi connectivity index (χ3v) is 8.03. The maximum absolute atomic E-state index is 6.12. The first kappa shape index (κ1) is 14.7. The average Bonchev–Trinajstić information content (AvgIpc) is 3.17. The second-order valence-electron chi connectivity index (χ2n) is 8.18. The van der Waals surface area contributed by atoms with E-state index < -0.39 is 0 Å². The van der Waals surface area contributed by atoms with E-state index in [4.69, 9.17) is 5.73 Å². The second-order valence-corrected chi connectivity index (χ2v) is 10.5. The molecule has 0 unspecified atom stereocenters. The van der Waals surface area contributed by atoms with Crippen LogP contribution in [0, 0.1) is 6.92 Å². The fourth-order valence-electron chi connectivity index (χ4n) is 4.55. The summed E-state index contributed by atoms with van der Waals surface area (Å²) in [7, 11) is 0. The van der Waals surface area contributed by atoms with Crippen molar-refractivity contribution in [3.63, 3.8) is 0 Å². The van der Waals surface area contributed by atoms with Crippen molar-refractivity contribution < 1.29 is 0 Å². The SMILES string of the molecule is Cc1cc2c(s1)-c1cc3c(cc1C2(C)C)-c1sc(N)cc1C3(C)C. The van der Waals surface area contributed by atoms with Gasteiger partial charge in [-0.2, -0.15) is 0 Å². The van der Waals surface area contributed by atoms with Crippen molar-refractivity contribution in [2.24, 2.45) is 0 Å². The first-order valence-corrected chi connectivity index (χ1v) is 10.0. The molecule has 2 heterocycles. The molecule has 1 nitrogen and oxygen atoms in total. The molecule has 0 radical (unpaired) electrons. The molecular formula is C21H21NS2. The van der Waals surface area contributed by atoms with Gasteiger partial charge in [0.2, 0.25) is 0 Å². The zero-order valence-corrected chi connectivity index (χ0v) is 16.3. The number of hydrogen-bond acceptors (Lipinski definition) is 3. The summed E-state index contributed by atoms with van der Waals surface area (Å²) in [6.45, 7) is 11.6. The second kappa shape index (κ2) is 4.14. The summed E-state index contributed by atoms with van der Waals surface area (Å²) in [5.41, 5.74) is 14.9. The van der Waals surface area contributed by atoms with E-state index in [1.165, 1.54) is 48.0 Å². The Balaban J connectivity index is 1.86. The summed E-state index contributed by atoms with van der Waals surface area (Å²) >= 11 is 3.67. The summed E-state index contributed by atoms with van der Waals surface area (Å²) in [5, 5.41) is 0.924. The monoisotopic (exact) mass is 351 g/mol. The van der Waals surface area contributed by atoms with Crippen molar-refractivity contribution in [1.29, 1.82) is 0 Å². The highest BCUT2D eigenvalue weighted by Gasteiger charge is 2.43. The highest BCUT2D eigenvalue weighted by atomic mass is 32.1. The van der Waals surface area contributed by atoms with Crippen LogP contribution < -0.4 is 5.73 Å². The van der Waals surface area contributed by atoms with E-state index >= 15 is 0 Å². The van der Waals surface area contributed by atoms with Gasteiger partial charge in [0.25, 0.3) is 0 Å². The van der Waals surface area contributed by atoms with E-state index in [0.29, 0.717) is 0 Å². The first-order chi connectivity index (χ1) is 11.2. The summed E-state index contributed by atoms with van der Waals surface area (Å²) in [6.07, 6.45) is 0. The summed E-state index contributed by atoms with van der Waals surface area (Å²) in [6, 6.07) is 9.48. The van der Waals surface area contributed by atoms with E-state index in [-0.39, 0.29) is 10.8 Å². The van der Waals surface area contributed by atoms with Crippen LogP contribution in [0.5, 0.6) is 0 Å². The minimum absolute atomic E-state index is 0.0347. The molecule has 2 aliphatic rings. The lowest BCUT2D eigenvalue weighted by atomic mass is 9.79. The quantitative estimate of drug-likeness (QED) is 0.504. The van der Waals surface area contributed by atoms with Crippen LogP contribution >= 0.6 is 22.7 Å². The summed E-state index contributed by atoms with van der Waals surface area (Å²) < 4.78 is 0. The molecule has 24 heavy (non-hydrogen) atoms. The van der Waals surface area contributed by atoms with E-state index in [1.54, 1.807) is 11.3 Å². The lowest BCUT2D eigenvalue weighted by Gasteiger charge is -2.24. The van der Waals surface area contributed by atoms with Crippen LogP contribution in [0.2, 0.25) is 0 Å². The van der Waals surface area contributed by atoms with Crippen LogP contribution in [-0.2, 0) is 10.8 Å². The van der Waals surface area contributed by atoms with Crippen molar-refractivity contribution in [2.75, 3.05) is 5.73 Å². The van der Waals surface area contributed by atoms with E-state index in [0.717, 1.165) is 5.00 Å². The Morgan fingerprint density at radius 3 is 1.79 bits per heavy atom. The van der Waals surface area contributed by atoms with Crippen LogP contribution in [-0.4, -0.2) is 0 Å². The lowest BCUT2D eigenvalue weighted by molar-refractivity contribution is 0.653. The van der Waals surface area contributed by atoms with Crippen LogP contribution in [0.3, 0.4) is 0 Å². The number of thiophene rings is 2. The topological polar surface area (TPSA) is 26.0 Å².